The van der Waals surface area contributed by atoms with E-state index in [-0.39, 0.29) is 10.6 Å². The molecular weight excluding hydrogens is 280 g/mol. The second-order valence-corrected chi connectivity index (χ2v) is 6.10. The molecule has 1 unspecified atom stereocenters. The smallest absolute Gasteiger partial charge is 0.292 e. The van der Waals surface area contributed by atoms with E-state index in [4.69, 9.17) is 5.26 Å². The lowest BCUT2D eigenvalue weighted by Crippen LogP contribution is -2.41. The second-order valence-electron chi connectivity index (χ2n) is 6.10. The molecule has 2 heterocycles. The zero-order valence-corrected chi connectivity index (χ0v) is 12.5. The molecule has 2 saturated heterocycles. The molecule has 0 spiro atoms. The summed E-state index contributed by atoms with van der Waals surface area (Å²) in [5.41, 5.74) is 1.15. The van der Waals surface area contributed by atoms with Crippen LogP contribution in [0.4, 0.5) is 11.4 Å². The fraction of sp³-hybridized carbons (Fsp3) is 0.562. The topological polar surface area (TPSA) is 82.2 Å². The van der Waals surface area contributed by atoms with E-state index in [0.29, 0.717) is 23.2 Å². The number of hydrogen-bond donors (Lipinski definition) is 1. The maximum atomic E-state index is 11.2. The summed E-state index contributed by atoms with van der Waals surface area (Å²) in [6, 6.07) is 7.28. The number of benzene rings is 1. The van der Waals surface area contributed by atoms with Crippen LogP contribution in [-0.4, -0.2) is 30.6 Å². The summed E-state index contributed by atoms with van der Waals surface area (Å²) in [5.74, 6) is 0.664. The Morgan fingerprint density at radius 3 is 2.68 bits per heavy atom. The monoisotopic (exact) mass is 300 g/mol. The van der Waals surface area contributed by atoms with Crippen LogP contribution in [0.15, 0.2) is 18.2 Å². The van der Waals surface area contributed by atoms with Crippen LogP contribution < -0.4 is 10.2 Å². The molecule has 0 saturated carbocycles. The quantitative estimate of drug-likeness (QED) is 0.685. The van der Waals surface area contributed by atoms with Gasteiger partial charge in [0, 0.05) is 25.2 Å². The lowest BCUT2D eigenvalue weighted by Gasteiger charge is -2.36. The van der Waals surface area contributed by atoms with Gasteiger partial charge in [0.2, 0.25) is 0 Å². The van der Waals surface area contributed by atoms with Crippen molar-refractivity contribution in [1.82, 2.24) is 5.32 Å². The van der Waals surface area contributed by atoms with Crippen LogP contribution in [-0.2, 0) is 0 Å². The summed E-state index contributed by atoms with van der Waals surface area (Å²) in [6.07, 6.45) is 4.59. The average molecular weight is 300 g/mol. The molecule has 0 radical (unpaired) electrons. The predicted octanol–water partition coefficient (Wildman–Crippen LogP) is 2.43. The Bertz CT molecular complexity index is 597. The predicted molar refractivity (Wildman–Crippen MR) is 83.8 cm³/mol. The number of hydrogen-bond acceptors (Lipinski definition) is 5. The second kappa shape index (κ2) is 6.32. The summed E-state index contributed by atoms with van der Waals surface area (Å²) in [6.45, 7) is 2.75. The average Bonchev–Trinajstić information content (AvgIpc) is 3.09. The number of anilines is 1. The van der Waals surface area contributed by atoms with E-state index >= 15 is 0 Å². The summed E-state index contributed by atoms with van der Waals surface area (Å²) >= 11 is 0. The summed E-state index contributed by atoms with van der Waals surface area (Å²) in [5, 5.41) is 23.8. The van der Waals surface area contributed by atoms with Gasteiger partial charge in [-0.25, -0.2) is 0 Å². The highest BCUT2D eigenvalue weighted by Crippen LogP contribution is 2.34. The molecular formula is C16H20N4O2. The largest absolute Gasteiger partial charge is 0.366 e. The Morgan fingerprint density at radius 2 is 2.09 bits per heavy atom. The third-order valence-corrected chi connectivity index (χ3v) is 4.85. The minimum Gasteiger partial charge on any atom is -0.366 e. The van der Waals surface area contributed by atoms with Gasteiger partial charge < -0.3 is 10.2 Å². The Balaban J connectivity index is 1.75. The van der Waals surface area contributed by atoms with Gasteiger partial charge in [-0.3, -0.25) is 10.1 Å². The van der Waals surface area contributed by atoms with Gasteiger partial charge in [0.25, 0.3) is 5.69 Å². The first-order valence-corrected chi connectivity index (χ1v) is 7.86. The van der Waals surface area contributed by atoms with Crippen LogP contribution in [0.2, 0.25) is 0 Å². The van der Waals surface area contributed by atoms with Crippen molar-refractivity contribution in [3.05, 3.63) is 33.9 Å². The van der Waals surface area contributed by atoms with Crippen molar-refractivity contribution in [2.75, 3.05) is 24.5 Å². The first-order chi connectivity index (χ1) is 10.7. The molecule has 2 aliphatic heterocycles. The van der Waals surface area contributed by atoms with Crippen LogP contribution in [0.5, 0.6) is 0 Å². The number of piperidine rings is 1. The summed E-state index contributed by atoms with van der Waals surface area (Å²) in [4.78, 5) is 12.9. The van der Waals surface area contributed by atoms with Crippen molar-refractivity contribution in [3.8, 4) is 6.07 Å². The van der Waals surface area contributed by atoms with Crippen LogP contribution in [0.3, 0.4) is 0 Å². The van der Waals surface area contributed by atoms with Crippen LogP contribution >= 0.6 is 0 Å². The lowest BCUT2D eigenvalue weighted by atomic mass is 9.88. The molecule has 2 aliphatic rings. The third-order valence-electron chi connectivity index (χ3n) is 4.85. The van der Waals surface area contributed by atoms with Gasteiger partial charge in [-0.05, 0) is 50.3 Å². The molecule has 0 amide bonds. The first kappa shape index (κ1) is 14.8. The van der Waals surface area contributed by atoms with E-state index < -0.39 is 0 Å². The number of nitro groups is 1. The maximum absolute atomic E-state index is 11.2. The Labute approximate surface area is 129 Å². The normalized spacial score (nSPS) is 22.5. The Hall–Kier alpha value is -2.13. The molecule has 3 rings (SSSR count). The highest BCUT2D eigenvalue weighted by atomic mass is 16.6. The van der Waals surface area contributed by atoms with Gasteiger partial charge in [-0.2, -0.15) is 5.26 Å². The number of nitrogens with one attached hydrogen (secondary N) is 1. The van der Waals surface area contributed by atoms with E-state index in [2.05, 4.69) is 16.3 Å². The van der Waals surface area contributed by atoms with E-state index in [9.17, 15) is 10.1 Å². The minimum absolute atomic E-state index is 0.0939. The highest BCUT2D eigenvalue weighted by Gasteiger charge is 2.30. The molecule has 1 atom stereocenters. The van der Waals surface area contributed by atoms with Gasteiger partial charge in [-0.1, -0.05) is 0 Å². The third kappa shape index (κ3) is 2.90. The molecule has 116 valence electrons. The van der Waals surface area contributed by atoms with Crippen molar-refractivity contribution in [3.63, 3.8) is 0 Å². The van der Waals surface area contributed by atoms with Gasteiger partial charge in [0.15, 0.2) is 0 Å². The van der Waals surface area contributed by atoms with Crippen molar-refractivity contribution in [2.24, 2.45) is 5.92 Å². The van der Waals surface area contributed by atoms with E-state index in [1.807, 2.05) is 0 Å². The van der Waals surface area contributed by atoms with Crippen molar-refractivity contribution in [1.29, 1.82) is 5.26 Å². The molecule has 1 N–H and O–H groups in total. The molecule has 6 nitrogen and oxygen atoms in total. The van der Waals surface area contributed by atoms with Crippen LogP contribution in [0.25, 0.3) is 0 Å². The minimum atomic E-state index is -0.360. The molecule has 6 heteroatoms. The number of nitrogens with zero attached hydrogens (tertiary/aromatic N) is 3. The molecule has 1 aromatic rings. The zero-order chi connectivity index (χ0) is 15.5. The van der Waals surface area contributed by atoms with E-state index in [0.717, 1.165) is 32.5 Å². The molecule has 22 heavy (non-hydrogen) atoms. The highest BCUT2D eigenvalue weighted by molar-refractivity contribution is 5.66. The van der Waals surface area contributed by atoms with E-state index in [1.165, 1.54) is 25.0 Å². The molecule has 1 aromatic carbocycles. The van der Waals surface area contributed by atoms with Gasteiger partial charge >= 0.3 is 0 Å². The Morgan fingerprint density at radius 1 is 1.32 bits per heavy atom. The first-order valence-electron chi connectivity index (χ1n) is 7.86. The van der Waals surface area contributed by atoms with Crippen molar-refractivity contribution >= 4 is 11.4 Å². The molecule has 0 aromatic heterocycles. The standard InChI is InChI=1S/C16H20N4O2/c17-11-12-3-4-15(20(21)22)16(10-12)19-8-5-13(6-9-19)14-2-1-7-18-14/h3-4,10,13-14,18H,1-2,5-9H2. The summed E-state index contributed by atoms with van der Waals surface area (Å²) < 4.78 is 0. The van der Waals surface area contributed by atoms with Crippen molar-refractivity contribution in [2.45, 2.75) is 31.7 Å². The van der Waals surface area contributed by atoms with Crippen molar-refractivity contribution < 1.29 is 4.92 Å². The maximum Gasteiger partial charge on any atom is 0.292 e. The fourth-order valence-corrected chi connectivity index (χ4v) is 3.66. The van der Waals surface area contributed by atoms with Gasteiger partial charge in [-0.15, -0.1) is 0 Å². The fourth-order valence-electron chi connectivity index (χ4n) is 3.66. The van der Waals surface area contributed by atoms with Crippen LogP contribution in [0.1, 0.15) is 31.2 Å². The number of rotatable bonds is 3. The lowest BCUT2D eigenvalue weighted by molar-refractivity contribution is -0.384. The SMILES string of the molecule is N#Cc1ccc([N+](=O)[O-])c(N2CCC(C3CCCN3)CC2)c1. The zero-order valence-electron chi connectivity index (χ0n) is 12.5. The van der Waals surface area contributed by atoms with Gasteiger partial charge in [0.05, 0.1) is 16.6 Å². The Kier molecular flexibility index (Phi) is 4.25. The molecule has 0 bridgehead atoms. The van der Waals surface area contributed by atoms with Gasteiger partial charge in [0.1, 0.15) is 5.69 Å². The van der Waals surface area contributed by atoms with E-state index in [1.54, 1.807) is 6.07 Å². The van der Waals surface area contributed by atoms with Crippen LogP contribution in [0, 0.1) is 27.4 Å². The number of nitriles is 1. The molecule has 2 fully saturated rings. The number of nitro benzene ring substituents is 1. The summed E-state index contributed by atoms with van der Waals surface area (Å²) in [7, 11) is 0. The molecule has 0 aliphatic carbocycles.